The molecular weight excluding hydrogens is 212 g/mol. The minimum Gasteiger partial charge on any atom is -0.399 e. The monoisotopic (exact) mass is 232 g/mol. The molecular formula is C14H20N2O. The fraction of sp³-hybridized carbons (Fsp3) is 0.571. The molecule has 1 aromatic carbocycles. The van der Waals surface area contributed by atoms with Crippen LogP contribution in [0.2, 0.25) is 0 Å². The van der Waals surface area contributed by atoms with E-state index in [1.165, 1.54) is 17.5 Å². The molecule has 0 saturated carbocycles. The van der Waals surface area contributed by atoms with Crippen molar-refractivity contribution in [3.8, 4) is 0 Å². The van der Waals surface area contributed by atoms with Crippen molar-refractivity contribution in [1.29, 1.82) is 0 Å². The Hall–Kier alpha value is -1.06. The topological polar surface area (TPSA) is 38.5 Å². The van der Waals surface area contributed by atoms with E-state index in [1.807, 2.05) is 6.07 Å². The number of hydrogen-bond donors (Lipinski definition) is 1. The number of rotatable bonds is 2. The Kier molecular flexibility index (Phi) is 2.81. The summed E-state index contributed by atoms with van der Waals surface area (Å²) in [5, 5.41) is 0. The molecule has 2 atom stereocenters. The van der Waals surface area contributed by atoms with Gasteiger partial charge >= 0.3 is 0 Å². The van der Waals surface area contributed by atoms with Gasteiger partial charge in [0.25, 0.3) is 0 Å². The molecule has 17 heavy (non-hydrogen) atoms. The average Bonchev–Trinajstić information content (AvgIpc) is 2.85. The standard InChI is InChI=1S/C14H20N2O/c1-10-11(4-5-17-10)7-16-8-12-2-3-14(15)6-13(12)9-16/h2-3,6,10-11H,4-5,7-9,15H2,1H3. The summed E-state index contributed by atoms with van der Waals surface area (Å²) >= 11 is 0. The van der Waals surface area contributed by atoms with E-state index in [0.29, 0.717) is 12.0 Å². The molecule has 2 unspecified atom stereocenters. The normalized spacial score (nSPS) is 28.5. The van der Waals surface area contributed by atoms with Crippen LogP contribution < -0.4 is 5.73 Å². The molecule has 92 valence electrons. The van der Waals surface area contributed by atoms with Crippen LogP contribution >= 0.6 is 0 Å². The van der Waals surface area contributed by atoms with Gasteiger partial charge in [0, 0.05) is 31.9 Å². The van der Waals surface area contributed by atoms with Gasteiger partial charge in [0.1, 0.15) is 0 Å². The molecule has 0 amide bonds. The van der Waals surface area contributed by atoms with Crippen molar-refractivity contribution in [3.63, 3.8) is 0 Å². The van der Waals surface area contributed by atoms with E-state index in [1.54, 1.807) is 0 Å². The second kappa shape index (κ2) is 4.31. The van der Waals surface area contributed by atoms with Gasteiger partial charge in [0.15, 0.2) is 0 Å². The van der Waals surface area contributed by atoms with Gasteiger partial charge < -0.3 is 10.5 Å². The number of anilines is 1. The van der Waals surface area contributed by atoms with Crippen molar-refractivity contribution >= 4 is 5.69 Å². The fourth-order valence-corrected chi connectivity index (χ4v) is 2.96. The number of hydrogen-bond acceptors (Lipinski definition) is 3. The highest BCUT2D eigenvalue weighted by molar-refractivity contribution is 5.46. The molecule has 2 N–H and O–H groups in total. The van der Waals surface area contributed by atoms with Gasteiger partial charge in [-0.15, -0.1) is 0 Å². The predicted octanol–water partition coefficient (Wildman–Crippen LogP) is 2.01. The Bertz CT molecular complexity index is 419. The van der Waals surface area contributed by atoms with E-state index in [-0.39, 0.29) is 0 Å². The molecule has 2 aliphatic heterocycles. The Morgan fingerprint density at radius 2 is 2.18 bits per heavy atom. The summed E-state index contributed by atoms with van der Waals surface area (Å²) in [6.45, 7) is 6.39. The van der Waals surface area contributed by atoms with E-state index in [4.69, 9.17) is 10.5 Å². The molecule has 2 heterocycles. The average molecular weight is 232 g/mol. The first-order valence-electron chi connectivity index (χ1n) is 6.43. The highest BCUT2D eigenvalue weighted by Crippen LogP contribution is 2.28. The third-order valence-electron chi connectivity index (χ3n) is 4.04. The van der Waals surface area contributed by atoms with Crippen LogP contribution in [0.1, 0.15) is 24.5 Å². The van der Waals surface area contributed by atoms with E-state index in [0.717, 1.165) is 31.9 Å². The number of nitrogens with two attached hydrogens (primary N) is 1. The molecule has 0 aromatic heterocycles. The van der Waals surface area contributed by atoms with Crippen LogP contribution in [0.15, 0.2) is 18.2 Å². The van der Waals surface area contributed by atoms with Crippen LogP contribution in [0.5, 0.6) is 0 Å². The zero-order chi connectivity index (χ0) is 11.8. The molecule has 3 heteroatoms. The Morgan fingerprint density at radius 1 is 1.35 bits per heavy atom. The van der Waals surface area contributed by atoms with Gasteiger partial charge in [0.05, 0.1) is 6.10 Å². The summed E-state index contributed by atoms with van der Waals surface area (Å²) in [6, 6.07) is 6.28. The van der Waals surface area contributed by atoms with Crippen LogP contribution in [-0.4, -0.2) is 24.2 Å². The summed E-state index contributed by atoms with van der Waals surface area (Å²) in [5.41, 5.74) is 9.54. The maximum atomic E-state index is 5.82. The van der Waals surface area contributed by atoms with Crippen molar-refractivity contribution in [2.24, 2.45) is 5.92 Å². The van der Waals surface area contributed by atoms with E-state index >= 15 is 0 Å². The first-order valence-corrected chi connectivity index (χ1v) is 6.43. The smallest absolute Gasteiger partial charge is 0.0588 e. The molecule has 0 aliphatic carbocycles. The Morgan fingerprint density at radius 3 is 2.94 bits per heavy atom. The van der Waals surface area contributed by atoms with Gasteiger partial charge in [-0.2, -0.15) is 0 Å². The highest BCUT2D eigenvalue weighted by Gasteiger charge is 2.28. The van der Waals surface area contributed by atoms with Gasteiger partial charge in [-0.25, -0.2) is 0 Å². The number of benzene rings is 1. The molecule has 0 bridgehead atoms. The van der Waals surface area contributed by atoms with Crippen LogP contribution in [0.4, 0.5) is 5.69 Å². The number of nitrogen functional groups attached to an aromatic ring is 1. The maximum Gasteiger partial charge on any atom is 0.0588 e. The first kappa shape index (κ1) is 11.1. The van der Waals surface area contributed by atoms with Crippen molar-refractivity contribution in [1.82, 2.24) is 4.90 Å². The molecule has 2 aliphatic rings. The largest absolute Gasteiger partial charge is 0.399 e. The second-order valence-electron chi connectivity index (χ2n) is 5.32. The van der Waals surface area contributed by atoms with Crippen molar-refractivity contribution < 1.29 is 4.74 Å². The Labute approximate surface area is 103 Å². The van der Waals surface area contributed by atoms with Gasteiger partial charge in [0.2, 0.25) is 0 Å². The summed E-state index contributed by atoms with van der Waals surface area (Å²) in [4.78, 5) is 2.51. The third-order valence-corrected chi connectivity index (χ3v) is 4.04. The minimum absolute atomic E-state index is 0.420. The molecule has 3 nitrogen and oxygen atoms in total. The molecule has 1 saturated heterocycles. The lowest BCUT2D eigenvalue weighted by Crippen LogP contribution is -2.28. The quantitative estimate of drug-likeness (QED) is 0.793. The summed E-state index contributed by atoms with van der Waals surface area (Å²) < 4.78 is 5.63. The molecule has 1 fully saturated rings. The summed E-state index contributed by atoms with van der Waals surface area (Å²) in [5.74, 6) is 0.696. The summed E-state index contributed by atoms with van der Waals surface area (Å²) in [7, 11) is 0. The fourth-order valence-electron chi connectivity index (χ4n) is 2.96. The minimum atomic E-state index is 0.420. The van der Waals surface area contributed by atoms with Crippen molar-refractivity contribution in [3.05, 3.63) is 29.3 Å². The molecule has 0 spiro atoms. The van der Waals surface area contributed by atoms with E-state index < -0.39 is 0 Å². The second-order valence-corrected chi connectivity index (χ2v) is 5.32. The Balaban J connectivity index is 1.66. The highest BCUT2D eigenvalue weighted by atomic mass is 16.5. The van der Waals surface area contributed by atoms with E-state index in [2.05, 4.69) is 24.0 Å². The van der Waals surface area contributed by atoms with Gasteiger partial charge in [-0.05, 0) is 42.5 Å². The molecule has 1 aromatic rings. The predicted molar refractivity (Wildman–Crippen MR) is 68.5 cm³/mol. The third kappa shape index (κ3) is 2.17. The van der Waals surface area contributed by atoms with Gasteiger partial charge in [-0.3, -0.25) is 4.90 Å². The number of nitrogens with zero attached hydrogens (tertiary/aromatic N) is 1. The van der Waals surface area contributed by atoms with Crippen LogP contribution in [0, 0.1) is 5.92 Å². The SMILES string of the molecule is CC1OCCC1CN1Cc2ccc(N)cc2C1. The lowest BCUT2D eigenvalue weighted by molar-refractivity contribution is 0.0920. The van der Waals surface area contributed by atoms with Gasteiger partial charge in [-0.1, -0.05) is 6.07 Å². The number of ether oxygens (including phenoxy) is 1. The van der Waals surface area contributed by atoms with Crippen LogP contribution in [-0.2, 0) is 17.8 Å². The van der Waals surface area contributed by atoms with E-state index in [9.17, 15) is 0 Å². The molecule has 3 rings (SSSR count). The zero-order valence-corrected chi connectivity index (χ0v) is 10.4. The maximum absolute atomic E-state index is 5.82. The lowest BCUT2D eigenvalue weighted by atomic mass is 10.0. The first-order chi connectivity index (χ1) is 8.22. The van der Waals surface area contributed by atoms with Crippen molar-refractivity contribution in [2.45, 2.75) is 32.5 Å². The lowest BCUT2D eigenvalue weighted by Gasteiger charge is -2.21. The van der Waals surface area contributed by atoms with Crippen LogP contribution in [0.3, 0.4) is 0 Å². The molecule has 0 radical (unpaired) electrons. The van der Waals surface area contributed by atoms with Crippen LogP contribution in [0.25, 0.3) is 0 Å². The summed E-state index contributed by atoms with van der Waals surface area (Å²) in [6.07, 6.45) is 1.62. The zero-order valence-electron chi connectivity index (χ0n) is 10.4. The van der Waals surface area contributed by atoms with Crippen molar-refractivity contribution in [2.75, 3.05) is 18.9 Å². The number of fused-ring (bicyclic) bond motifs is 1.